The number of anilines is 4. The first-order valence-electron chi connectivity index (χ1n) is 13.8. The molecule has 0 spiro atoms. The van der Waals surface area contributed by atoms with Crippen LogP contribution in [-0.2, 0) is 16.1 Å². The fourth-order valence-corrected chi connectivity index (χ4v) is 5.32. The molecule has 0 aliphatic carbocycles. The highest BCUT2D eigenvalue weighted by Crippen LogP contribution is 2.35. The molecule has 1 aromatic carbocycles. The van der Waals surface area contributed by atoms with Gasteiger partial charge in [0.15, 0.2) is 0 Å². The van der Waals surface area contributed by atoms with Crippen LogP contribution in [0.2, 0.25) is 0 Å². The van der Waals surface area contributed by atoms with Crippen LogP contribution in [0.3, 0.4) is 0 Å². The van der Waals surface area contributed by atoms with Crippen LogP contribution in [0.4, 0.5) is 23.0 Å². The van der Waals surface area contributed by atoms with Crippen molar-refractivity contribution in [2.45, 2.75) is 25.8 Å². The second-order valence-electron chi connectivity index (χ2n) is 10.7. The molecule has 5 rings (SSSR count). The van der Waals surface area contributed by atoms with Crippen LogP contribution in [0.25, 0.3) is 5.57 Å². The quantitative estimate of drug-likeness (QED) is 0.508. The zero-order chi connectivity index (χ0) is 27.4. The number of carbonyl (C=O) groups is 2. The number of carbonyl (C=O) groups excluding carboxylic acids is 2. The maximum atomic E-state index is 12.9. The number of aromatic nitrogens is 2. The van der Waals surface area contributed by atoms with Crippen LogP contribution in [0.15, 0.2) is 30.7 Å². The third-order valence-electron chi connectivity index (χ3n) is 7.66. The van der Waals surface area contributed by atoms with E-state index in [0.29, 0.717) is 42.3 Å². The predicted octanol–water partition coefficient (Wildman–Crippen LogP) is 2.12. The Balaban J connectivity index is 1.46. The summed E-state index contributed by atoms with van der Waals surface area (Å²) in [5, 5.41) is 9.55. The summed E-state index contributed by atoms with van der Waals surface area (Å²) in [5.74, 6) is 1.04. The summed E-state index contributed by atoms with van der Waals surface area (Å²) < 4.78 is 0. The lowest BCUT2D eigenvalue weighted by Crippen LogP contribution is -2.45. The number of hydrogen-bond acceptors (Lipinski definition) is 9. The number of nitrogens with one attached hydrogen (secondary N) is 3. The molecule has 0 radical (unpaired) electrons. The molecule has 3 aliphatic rings. The third kappa shape index (κ3) is 6.31. The van der Waals surface area contributed by atoms with Crippen molar-refractivity contribution in [1.82, 2.24) is 24.7 Å². The van der Waals surface area contributed by atoms with Crippen molar-refractivity contribution in [2.24, 2.45) is 0 Å². The molecule has 11 nitrogen and oxygen atoms in total. The van der Waals surface area contributed by atoms with Crippen molar-refractivity contribution in [3.63, 3.8) is 0 Å². The van der Waals surface area contributed by atoms with Gasteiger partial charge in [-0.1, -0.05) is 0 Å². The highest BCUT2D eigenvalue weighted by molar-refractivity contribution is 6.32. The Hall–Kier alpha value is -3.70. The van der Waals surface area contributed by atoms with Crippen molar-refractivity contribution in [1.29, 1.82) is 0 Å². The molecule has 1 saturated heterocycles. The smallest absolute Gasteiger partial charge is 0.259 e. The van der Waals surface area contributed by atoms with Crippen LogP contribution >= 0.6 is 0 Å². The van der Waals surface area contributed by atoms with Gasteiger partial charge in [0.05, 0.1) is 11.1 Å². The largest absolute Gasteiger partial charge is 0.369 e. The lowest BCUT2D eigenvalue weighted by atomic mass is 10.1. The summed E-state index contributed by atoms with van der Waals surface area (Å²) in [7, 11) is 6.13. The van der Waals surface area contributed by atoms with E-state index < -0.39 is 0 Å². The Kier molecular flexibility index (Phi) is 8.27. The second-order valence-corrected chi connectivity index (χ2v) is 10.7. The van der Waals surface area contributed by atoms with Crippen molar-refractivity contribution in [3.8, 4) is 0 Å². The molecule has 208 valence electrons. The topological polar surface area (TPSA) is 109 Å². The Bertz CT molecular complexity index is 1240. The van der Waals surface area contributed by atoms with E-state index in [2.05, 4.69) is 72.9 Å². The molecule has 2 bridgehead atoms. The zero-order valence-electron chi connectivity index (χ0n) is 23.2. The molecule has 0 saturated carbocycles. The van der Waals surface area contributed by atoms with Gasteiger partial charge < -0.3 is 35.6 Å². The van der Waals surface area contributed by atoms with Gasteiger partial charge in [0, 0.05) is 76.9 Å². The highest BCUT2D eigenvalue weighted by atomic mass is 16.2. The molecule has 2 aromatic rings. The molecule has 3 N–H and O–H groups in total. The Morgan fingerprint density at radius 3 is 2.49 bits per heavy atom. The van der Waals surface area contributed by atoms with E-state index in [0.717, 1.165) is 57.8 Å². The lowest BCUT2D eigenvalue weighted by molar-refractivity contribution is -0.130. The zero-order valence-corrected chi connectivity index (χ0v) is 23.2. The van der Waals surface area contributed by atoms with Crippen LogP contribution in [0, 0.1) is 0 Å². The molecule has 2 amide bonds. The lowest BCUT2D eigenvalue weighted by Gasteiger charge is -2.36. The van der Waals surface area contributed by atoms with Crippen LogP contribution in [-0.4, -0.2) is 103 Å². The second kappa shape index (κ2) is 12.0. The van der Waals surface area contributed by atoms with Gasteiger partial charge >= 0.3 is 0 Å². The van der Waals surface area contributed by atoms with Gasteiger partial charge in [-0.2, -0.15) is 0 Å². The molecular weight excluding hydrogens is 494 g/mol. The summed E-state index contributed by atoms with van der Waals surface area (Å²) in [6.45, 7) is 6.90. The van der Waals surface area contributed by atoms with Crippen molar-refractivity contribution in [2.75, 3.05) is 87.8 Å². The van der Waals surface area contributed by atoms with E-state index in [1.165, 1.54) is 17.6 Å². The molecule has 0 unspecified atom stereocenters. The minimum atomic E-state index is -0.216. The normalized spacial score (nSPS) is 21.5. The van der Waals surface area contributed by atoms with Crippen LogP contribution in [0.1, 0.15) is 30.4 Å². The Labute approximate surface area is 230 Å². The SMILES string of the molecule is CN1CCN(c2ccc3cc2CN(C)CCCC(=O)N(C)CCCNc2ncnc4c2/C(=C/N3)C(=O)N4)CC1. The highest BCUT2D eigenvalue weighted by Gasteiger charge is 2.29. The van der Waals surface area contributed by atoms with Gasteiger partial charge in [0.1, 0.15) is 18.0 Å². The molecule has 0 atom stereocenters. The number of amides is 2. The summed E-state index contributed by atoms with van der Waals surface area (Å²) >= 11 is 0. The summed E-state index contributed by atoms with van der Waals surface area (Å²) in [6.07, 6.45) is 5.30. The van der Waals surface area contributed by atoms with Gasteiger partial charge in [0.2, 0.25) is 5.91 Å². The summed E-state index contributed by atoms with van der Waals surface area (Å²) in [4.78, 5) is 43.2. The van der Waals surface area contributed by atoms with E-state index in [9.17, 15) is 9.59 Å². The van der Waals surface area contributed by atoms with E-state index in [1.54, 1.807) is 11.1 Å². The number of nitrogens with zero attached hydrogens (tertiary/aromatic N) is 6. The number of fused-ring (bicyclic) bond motifs is 2. The minimum absolute atomic E-state index is 0.161. The van der Waals surface area contributed by atoms with E-state index in [1.807, 2.05) is 7.05 Å². The number of benzene rings is 1. The van der Waals surface area contributed by atoms with E-state index >= 15 is 0 Å². The number of rotatable bonds is 1. The Morgan fingerprint density at radius 2 is 1.67 bits per heavy atom. The van der Waals surface area contributed by atoms with Gasteiger partial charge in [-0.3, -0.25) is 9.59 Å². The monoisotopic (exact) mass is 533 g/mol. The maximum absolute atomic E-state index is 12.9. The fraction of sp³-hybridized carbons (Fsp3) is 0.500. The summed E-state index contributed by atoms with van der Waals surface area (Å²) in [6, 6.07) is 6.41. The van der Waals surface area contributed by atoms with Crippen molar-refractivity contribution < 1.29 is 9.59 Å². The first-order valence-corrected chi connectivity index (χ1v) is 13.8. The molecule has 3 aliphatic heterocycles. The average molecular weight is 534 g/mol. The predicted molar refractivity (Wildman–Crippen MR) is 155 cm³/mol. The maximum Gasteiger partial charge on any atom is 0.259 e. The summed E-state index contributed by atoms with van der Waals surface area (Å²) in [5.41, 5.74) is 4.50. The van der Waals surface area contributed by atoms with Gasteiger partial charge in [-0.15, -0.1) is 0 Å². The van der Waals surface area contributed by atoms with Gasteiger partial charge in [-0.05, 0) is 57.2 Å². The van der Waals surface area contributed by atoms with E-state index in [4.69, 9.17) is 0 Å². The molecule has 11 heteroatoms. The molecular formula is C28H39N9O2. The molecule has 4 heterocycles. The van der Waals surface area contributed by atoms with Crippen LogP contribution in [0.5, 0.6) is 0 Å². The van der Waals surface area contributed by atoms with E-state index in [-0.39, 0.29) is 11.8 Å². The fourth-order valence-electron chi connectivity index (χ4n) is 5.32. The van der Waals surface area contributed by atoms with Crippen molar-refractivity contribution >= 4 is 40.4 Å². The van der Waals surface area contributed by atoms with Crippen molar-refractivity contribution in [3.05, 3.63) is 41.9 Å². The third-order valence-corrected chi connectivity index (χ3v) is 7.66. The van der Waals surface area contributed by atoms with Gasteiger partial charge in [-0.25, -0.2) is 9.97 Å². The molecule has 1 aromatic heterocycles. The molecule has 1 fully saturated rings. The molecule has 39 heavy (non-hydrogen) atoms. The number of piperazine rings is 1. The standard InChI is InChI=1S/C28H39N9O2/c1-34-12-14-37(15-13-34)23-8-7-21-16-20(23)18-35(2)10-4-6-24(38)36(3)11-5-9-29-26-25-22(17-30-21)28(39)33-27(25)32-19-31-26/h7-8,16-17,19,30H,4-6,9-15,18H2,1-3H3,(H2,29,31,32,33,39)/b22-17-. The number of hydrogen-bond donors (Lipinski definition) is 3. The average Bonchev–Trinajstić information content (AvgIpc) is 3.25. The first kappa shape index (κ1) is 26.9. The minimum Gasteiger partial charge on any atom is -0.369 e. The number of likely N-dealkylation sites (N-methyl/N-ethyl adjacent to an activating group) is 1. The Morgan fingerprint density at radius 1 is 0.872 bits per heavy atom. The first-order chi connectivity index (χ1) is 18.9. The van der Waals surface area contributed by atoms with Crippen LogP contribution < -0.4 is 20.9 Å². The van der Waals surface area contributed by atoms with Gasteiger partial charge in [0.25, 0.3) is 5.91 Å².